The average molecular weight is 264 g/mol. The molecule has 4 nitrogen and oxygen atoms in total. The molecule has 0 unspecified atom stereocenters. The Morgan fingerprint density at radius 1 is 1.26 bits per heavy atom. The second-order valence-electron chi connectivity index (χ2n) is 3.83. The maximum absolute atomic E-state index is 13.6. The van der Waals surface area contributed by atoms with Crippen molar-refractivity contribution < 1.29 is 18.7 Å². The molecule has 98 valence electrons. The molecule has 0 bridgehead atoms. The molecule has 0 radical (unpaired) electrons. The first-order chi connectivity index (χ1) is 9.06. The summed E-state index contributed by atoms with van der Waals surface area (Å²) in [5.41, 5.74) is 0.192. The summed E-state index contributed by atoms with van der Waals surface area (Å²) in [5.74, 6) is -1.85. The van der Waals surface area contributed by atoms with Crippen LogP contribution in [0.5, 0.6) is 0 Å². The zero-order valence-electron chi connectivity index (χ0n) is 9.73. The van der Waals surface area contributed by atoms with Gasteiger partial charge in [0.15, 0.2) is 0 Å². The van der Waals surface area contributed by atoms with Gasteiger partial charge in [0.2, 0.25) is 0 Å². The van der Waals surface area contributed by atoms with Crippen LogP contribution >= 0.6 is 0 Å². The third-order valence-corrected chi connectivity index (χ3v) is 2.49. The molecule has 0 atom stereocenters. The lowest BCUT2D eigenvalue weighted by atomic mass is 10.1. The minimum atomic E-state index is -1.18. The number of aromatic nitrogens is 1. The van der Waals surface area contributed by atoms with Crippen molar-refractivity contribution in [3.63, 3.8) is 0 Å². The lowest BCUT2D eigenvalue weighted by molar-refractivity contribution is 0.0696. The number of hydrogen-bond donors (Lipinski definition) is 2. The maximum Gasteiger partial charge on any atom is 0.335 e. The van der Waals surface area contributed by atoms with Gasteiger partial charge in [0.25, 0.3) is 0 Å². The molecule has 0 spiro atoms. The molecule has 1 aromatic heterocycles. The molecule has 0 aliphatic carbocycles. The smallest absolute Gasteiger partial charge is 0.335 e. The van der Waals surface area contributed by atoms with Crippen molar-refractivity contribution in [1.29, 1.82) is 0 Å². The summed E-state index contributed by atoms with van der Waals surface area (Å²) in [6.07, 6.45) is 1.05. The fourth-order valence-corrected chi connectivity index (χ4v) is 1.49. The number of aromatic carboxylic acids is 1. The number of hydrogen-bond acceptors (Lipinski definition) is 3. The highest BCUT2D eigenvalue weighted by atomic mass is 19.1. The number of carboxylic acids is 1. The number of carboxylic acid groups (broad SMARTS) is 1. The van der Waals surface area contributed by atoms with Gasteiger partial charge in [-0.05, 0) is 24.3 Å². The number of nitrogens with zero attached hydrogens (tertiary/aromatic N) is 1. The monoisotopic (exact) mass is 264 g/mol. The summed E-state index contributed by atoms with van der Waals surface area (Å²) in [4.78, 5) is 14.4. The molecular weight excluding hydrogens is 254 g/mol. The third-order valence-electron chi connectivity index (χ3n) is 2.49. The van der Waals surface area contributed by atoms with Crippen LogP contribution in [-0.4, -0.2) is 16.1 Å². The van der Waals surface area contributed by atoms with E-state index >= 15 is 0 Å². The van der Waals surface area contributed by atoms with Crippen LogP contribution in [0.1, 0.15) is 15.9 Å². The predicted octanol–water partition coefficient (Wildman–Crippen LogP) is 2.67. The largest absolute Gasteiger partial charge is 0.478 e. The Balaban J connectivity index is 2.07. The van der Waals surface area contributed by atoms with Crippen LogP contribution in [0.3, 0.4) is 0 Å². The van der Waals surface area contributed by atoms with Gasteiger partial charge < -0.3 is 10.4 Å². The highest BCUT2D eigenvalue weighted by molar-refractivity contribution is 5.87. The summed E-state index contributed by atoms with van der Waals surface area (Å²) < 4.78 is 26.2. The Kier molecular flexibility index (Phi) is 3.70. The van der Waals surface area contributed by atoms with E-state index in [9.17, 15) is 13.6 Å². The fraction of sp³-hybridized carbons (Fsp3) is 0.0769. The van der Waals surface area contributed by atoms with E-state index in [0.29, 0.717) is 11.4 Å². The number of carbonyl (C=O) groups is 1. The molecule has 0 aliphatic heterocycles. The Labute approximate surface area is 107 Å². The number of benzene rings is 1. The molecule has 19 heavy (non-hydrogen) atoms. The average Bonchev–Trinajstić information content (AvgIpc) is 2.39. The molecule has 2 rings (SSSR count). The zero-order chi connectivity index (χ0) is 13.8. The minimum Gasteiger partial charge on any atom is -0.478 e. The Morgan fingerprint density at radius 3 is 2.63 bits per heavy atom. The SMILES string of the molecule is O=C(O)c1ccc(CNc2ccc(F)cn2)c(F)c1. The van der Waals surface area contributed by atoms with Crippen LogP contribution in [0.15, 0.2) is 36.5 Å². The Morgan fingerprint density at radius 2 is 2.05 bits per heavy atom. The molecule has 2 aromatic rings. The Hall–Kier alpha value is -2.50. The van der Waals surface area contributed by atoms with Crippen molar-refractivity contribution >= 4 is 11.8 Å². The first-order valence-corrected chi connectivity index (χ1v) is 5.43. The number of halogens is 2. The van der Waals surface area contributed by atoms with Gasteiger partial charge in [0.05, 0.1) is 11.8 Å². The summed E-state index contributed by atoms with van der Waals surface area (Å²) in [7, 11) is 0. The van der Waals surface area contributed by atoms with E-state index in [0.717, 1.165) is 12.3 Å². The predicted molar refractivity (Wildman–Crippen MR) is 64.9 cm³/mol. The van der Waals surface area contributed by atoms with E-state index in [1.54, 1.807) is 0 Å². The summed E-state index contributed by atoms with van der Waals surface area (Å²) in [6.45, 7) is 0.129. The van der Waals surface area contributed by atoms with Crippen molar-refractivity contribution in [3.05, 3.63) is 59.3 Å². The highest BCUT2D eigenvalue weighted by Gasteiger charge is 2.08. The van der Waals surface area contributed by atoms with Crippen molar-refractivity contribution in [2.75, 3.05) is 5.32 Å². The van der Waals surface area contributed by atoms with Crippen LogP contribution in [0, 0.1) is 11.6 Å². The van der Waals surface area contributed by atoms with Gasteiger partial charge in [0, 0.05) is 12.1 Å². The van der Waals surface area contributed by atoms with E-state index in [4.69, 9.17) is 5.11 Å². The molecule has 2 N–H and O–H groups in total. The summed E-state index contributed by atoms with van der Waals surface area (Å²) in [5, 5.41) is 11.5. The van der Waals surface area contributed by atoms with Crippen LogP contribution in [-0.2, 0) is 6.54 Å². The van der Waals surface area contributed by atoms with Crippen molar-refractivity contribution in [2.45, 2.75) is 6.54 Å². The van der Waals surface area contributed by atoms with E-state index in [2.05, 4.69) is 10.3 Å². The van der Waals surface area contributed by atoms with Gasteiger partial charge in [-0.25, -0.2) is 18.6 Å². The number of anilines is 1. The van der Waals surface area contributed by atoms with E-state index in [-0.39, 0.29) is 12.1 Å². The van der Waals surface area contributed by atoms with E-state index in [1.807, 2.05) is 0 Å². The van der Waals surface area contributed by atoms with Crippen molar-refractivity contribution in [2.24, 2.45) is 0 Å². The standard InChI is InChI=1S/C13H10F2N2O2/c14-10-3-4-12(17-7-10)16-6-9-2-1-8(13(18)19)5-11(9)15/h1-5,7H,6H2,(H,16,17)(H,18,19). The van der Waals surface area contributed by atoms with E-state index in [1.165, 1.54) is 24.3 Å². The van der Waals surface area contributed by atoms with Gasteiger partial charge in [0.1, 0.15) is 17.5 Å². The molecule has 1 aromatic carbocycles. The zero-order valence-corrected chi connectivity index (χ0v) is 9.73. The summed E-state index contributed by atoms with van der Waals surface area (Å²) >= 11 is 0. The third kappa shape index (κ3) is 3.25. The molecule has 0 amide bonds. The molecule has 0 saturated heterocycles. The van der Waals surface area contributed by atoms with Gasteiger partial charge in [-0.2, -0.15) is 0 Å². The van der Waals surface area contributed by atoms with Gasteiger partial charge in [-0.1, -0.05) is 6.07 Å². The quantitative estimate of drug-likeness (QED) is 0.891. The van der Waals surface area contributed by atoms with Crippen LogP contribution in [0.4, 0.5) is 14.6 Å². The van der Waals surface area contributed by atoms with Crippen molar-refractivity contribution in [3.8, 4) is 0 Å². The van der Waals surface area contributed by atoms with Crippen LogP contribution < -0.4 is 5.32 Å². The van der Waals surface area contributed by atoms with Gasteiger partial charge in [-0.15, -0.1) is 0 Å². The number of rotatable bonds is 4. The van der Waals surface area contributed by atoms with Crippen molar-refractivity contribution in [1.82, 2.24) is 4.98 Å². The van der Waals surface area contributed by atoms with Gasteiger partial charge >= 0.3 is 5.97 Å². The molecule has 0 aliphatic rings. The topological polar surface area (TPSA) is 62.2 Å². The second kappa shape index (κ2) is 5.43. The minimum absolute atomic E-state index is 0.110. The number of pyridine rings is 1. The normalized spacial score (nSPS) is 10.2. The fourth-order valence-electron chi connectivity index (χ4n) is 1.49. The summed E-state index contributed by atoms with van der Waals surface area (Å²) in [6, 6.07) is 6.32. The molecule has 1 heterocycles. The molecular formula is C13H10F2N2O2. The first kappa shape index (κ1) is 12.9. The van der Waals surface area contributed by atoms with Crippen LogP contribution in [0.2, 0.25) is 0 Å². The number of nitrogens with one attached hydrogen (secondary N) is 1. The lowest BCUT2D eigenvalue weighted by Gasteiger charge is -2.07. The molecule has 6 heteroatoms. The van der Waals surface area contributed by atoms with Gasteiger partial charge in [-0.3, -0.25) is 0 Å². The lowest BCUT2D eigenvalue weighted by Crippen LogP contribution is -2.05. The van der Waals surface area contributed by atoms with E-state index < -0.39 is 17.6 Å². The maximum atomic E-state index is 13.6. The first-order valence-electron chi connectivity index (χ1n) is 5.43. The Bertz CT molecular complexity index is 600. The van der Waals surface area contributed by atoms with Crippen LogP contribution in [0.25, 0.3) is 0 Å². The highest BCUT2D eigenvalue weighted by Crippen LogP contribution is 2.13. The molecule has 0 saturated carbocycles. The molecule has 0 fully saturated rings. The second-order valence-corrected chi connectivity index (χ2v) is 3.83.